The summed E-state index contributed by atoms with van der Waals surface area (Å²) < 4.78 is 15.0. The molecule has 0 aromatic carbocycles. The molecule has 9 nitrogen and oxygen atoms in total. The molecule has 1 amide bonds. The second-order valence-electron chi connectivity index (χ2n) is 4.67. The Balaban J connectivity index is 2.80. The van der Waals surface area contributed by atoms with Crippen molar-refractivity contribution in [2.24, 2.45) is 0 Å². The number of phosphoric ester groups is 1. The van der Waals surface area contributed by atoms with E-state index < -0.39 is 7.82 Å². The van der Waals surface area contributed by atoms with Crippen molar-refractivity contribution in [2.75, 3.05) is 12.3 Å². The van der Waals surface area contributed by atoms with Crippen molar-refractivity contribution in [1.82, 2.24) is 14.9 Å². The first kappa shape index (κ1) is 19.6. The Morgan fingerprint density at radius 3 is 2.74 bits per heavy atom. The van der Waals surface area contributed by atoms with Crippen LogP contribution in [0.2, 0.25) is 0 Å². The minimum absolute atomic E-state index is 0.143. The number of hydrogen-bond acceptors (Lipinski definition) is 7. The Morgan fingerprint density at radius 2 is 2.22 bits per heavy atom. The Hall–Kier alpha value is -1.45. The van der Waals surface area contributed by atoms with Crippen molar-refractivity contribution < 1.29 is 23.7 Å². The van der Waals surface area contributed by atoms with Gasteiger partial charge in [0, 0.05) is 28.8 Å². The molecule has 1 rings (SSSR count). The molecular weight excluding hydrogens is 343 g/mol. The van der Waals surface area contributed by atoms with Crippen LogP contribution in [0, 0.1) is 6.92 Å². The molecule has 23 heavy (non-hydrogen) atoms. The van der Waals surface area contributed by atoms with E-state index in [1.807, 2.05) is 0 Å². The molecule has 4 N–H and O–H groups in total. The maximum absolute atomic E-state index is 11.3. The van der Waals surface area contributed by atoms with Gasteiger partial charge in [0.05, 0.1) is 13.2 Å². The third-order valence-corrected chi connectivity index (χ3v) is 4.00. The number of hydrogen-bond donors (Lipinski definition) is 4. The van der Waals surface area contributed by atoms with Gasteiger partial charge in [0.15, 0.2) is 0 Å². The summed E-state index contributed by atoms with van der Waals surface area (Å²) in [4.78, 5) is 38.4. The van der Waals surface area contributed by atoms with Gasteiger partial charge in [-0.25, -0.2) is 14.5 Å². The Morgan fingerprint density at radius 1 is 1.57 bits per heavy atom. The fourth-order valence-corrected chi connectivity index (χ4v) is 2.21. The van der Waals surface area contributed by atoms with Crippen LogP contribution in [0.3, 0.4) is 0 Å². The van der Waals surface area contributed by atoms with E-state index in [9.17, 15) is 9.36 Å². The van der Waals surface area contributed by atoms with Gasteiger partial charge in [-0.1, -0.05) is 0 Å². The van der Waals surface area contributed by atoms with Crippen molar-refractivity contribution in [2.45, 2.75) is 26.8 Å². The van der Waals surface area contributed by atoms with E-state index in [4.69, 9.17) is 15.5 Å². The van der Waals surface area contributed by atoms with Gasteiger partial charge in [-0.05, 0) is 13.8 Å². The summed E-state index contributed by atoms with van der Waals surface area (Å²) in [7, 11) is -4.52. The van der Waals surface area contributed by atoms with Gasteiger partial charge in [-0.2, -0.15) is 0 Å². The predicted octanol–water partition coefficient (Wildman–Crippen LogP) is 0.986. The maximum atomic E-state index is 11.3. The molecule has 128 valence electrons. The van der Waals surface area contributed by atoms with Crippen molar-refractivity contribution in [1.29, 1.82) is 0 Å². The molecule has 0 saturated carbocycles. The molecule has 0 atom stereocenters. The van der Waals surface area contributed by atoms with Gasteiger partial charge in [-0.3, -0.25) is 9.32 Å². The van der Waals surface area contributed by atoms with E-state index in [1.54, 1.807) is 13.8 Å². The van der Waals surface area contributed by atoms with Crippen molar-refractivity contribution in [3.8, 4) is 0 Å². The molecule has 1 aromatic rings. The third kappa shape index (κ3) is 6.67. The topological polar surface area (TPSA) is 139 Å². The second-order valence-corrected chi connectivity index (χ2v) is 6.45. The number of anilines is 1. The lowest BCUT2D eigenvalue weighted by molar-refractivity contribution is -0.116. The van der Waals surface area contributed by atoms with Gasteiger partial charge in [0.1, 0.15) is 11.6 Å². The molecule has 0 radical (unpaired) electrons. The Bertz CT molecular complexity index is 648. The number of aryl methyl sites for hydroxylation is 1. The number of thiol groups is 1. The average molecular weight is 362 g/mol. The number of nitrogen functional groups attached to an aromatic ring is 1. The molecule has 11 heteroatoms. The average Bonchev–Trinajstić information content (AvgIpc) is 2.44. The van der Waals surface area contributed by atoms with Gasteiger partial charge in [-0.15, -0.1) is 12.6 Å². The number of amides is 1. The Labute approximate surface area is 139 Å². The molecule has 0 aliphatic carbocycles. The number of nitrogens with zero attached hydrogens (tertiary/aromatic N) is 3. The SMILES string of the molecule is CC(=C(S)CCOP(=O)(O)O)N(C=O)Cc1cnc(C)nc1N. The van der Waals surface area contributed by atoms with Gasteiger partial charge >= 0.3 is 7.82 Å². The first-order valence-corrected chi connectivity index (χ1v) is 8.50. The zero-order chi connectivity index (χ0) is 17.6. The summed E-state index contributed by atoms with van der Waals surface area (Å²) in [5.41, 5.74) is 6.88. The van der Waals surface area contributed by atoms with E-state index in [2.05, 4.69) is 27.1 Å². The summed E-state index contributed by atoms with van der Waals surface area (Å²) in [5.74, 6) is 0.809. The molecule has 0 bridgehead atoms. The van der Waals surface area contributed by atoms with Crippen LogP contribution in [0.4, 0.5) is 5.82 Å². The molecule has 0 spiro atoms. The quantitative estimate of drug-likeness (QED) is 0.305. The van der Waals surface area contributed by atoms with Crippen LogP contribution >= 0.6 is 20.5 Å². The normalized spacial score (nSPS) is 12.7. The highest BCUT2D eigenvalue weighted by Crippen LogP contribution is 2.36. The van der Waals surface area contributed by atoms with Crippen LogP contribution in [0.15, 0.2) is 16.8 Å². The lowest BCUT2D eigenvalue weighted by atomic mass is 10.2. The summed E-state index contributed by atoms with van der Waals surface area (Å²) in [6.07, 6.45) is 2.29. The summed E-state index contributed by atoms with van der Waals surface area (Å²) in [6.45, 7) is 3.29. The number of phosphoric acid groups is 1. The number of carbonyl (C=O) groups is 1. The molecule has 0 fully saturated rings. The summed E-state index contributed by atoms with van der Waals surface area (Å²) in [5, 5.41) is 0. The van der Waals surface area contributed by atoms with Crippen LogP contribution in [0.5, 0.6) is 0 Å². The zero-order valence-electron chi connectivity index (χ0n) is 12.7. The lowest BCUT2D eigenvalue weighted by Crippen LogP contribution is -2.21. The zero-order valence-corrected chi connectivity index (χ0v) is 14.5. The van der Waals surface area contributed by atoms with E-state index in [-0.39, 0.29) is 25.4 Å². The molecule has 1 aromatic heterocycles. The molecule has 0 aliphatic heterocycles. The van der Waals surface area contributed by atoms with E-state index in [0.717, 1.165) is 0 Å². The Kier molecular flexibility index (Phi) is 7.17. The van der Waals surface area contributed by atoms with E-state index in [1.165, 1.54) is 11.1 Å². The summed E-state index contributed by atoms with van der Waals surface area (Å²) >= 11 is 4.24. The number of allylic oxidation sites excluding steroid dienone is 1. The first-order valence-electron chi connectivity index (χ1n) is 6.52. The minimum Gasteiger partial charge on any atom is -0.383 e. The molecule has 0 saturated heterocycles. The summed E-state index contributed by atoms with van der Waals surface area (Å²) in [6, 6.07) is 0. The van der Waals surface area contributed by atoms with Gasteiger partial charge < -0.3 is 20.4 Å². The fraction of sp³-hybridized carbons (Fsp3) is 0.417. The van der Waals surface area contributed by atoms with E-state index >= 15 is 0 Å². The molecule has 0 aliphatic rings. The van der Waals surface area contributed by atoms with Gasteiger partial charge in [0.25, 0.3) is 0 Å². The van der Waals surface area contributed by atoms with E-state index in [0.29, 0.717) is 28.4 Å². The third-order valence-electron chi connectivity index (χ3n) is 2.93. The number of rotatable bonds is 8. The lowest BCUT2D eigenvalue weighted by Gasteiger charge is -2.21. The predicted molar refractivity (Wildman–Crippen MR) is 87.1 cm³/mol. The van der Waals surface area contributed by atoms with Gasteiger partial charge in [0.2, 0.25) is 6.41 Å². The smallest absolute Gasteiger partial charge is 0.383 e. The number of carbonyl (C=O) groups excluding carboxylic acids is 1. The highest BCUT2D eigenvalue weighted by Gasteiger charge is 2.15. The largest absolute Gasteiger partial charge is 0.469 e. The highest BCUT2D eigenvalue weighted by atomic mass is 32.1. The minimum atomic E-state index is -4.52. The first-order chi connectivity index (χ1) is 10.6. The van der Waals surface area contributed by atoms with Crippen LogP contribution in [0.1, 0.15) is 24.7 Å². The fourth-order valence-electron chi connectivity index (χ4n) is 1.66. The molecule has 1 heterocycles. The number of aromatic nitrogens is 2. The highest BCUT2D eigenvalue weighted by molar-refractivity contribution is 7.84. The molecule has 0 unspecified atom stereocenters. The van der Waals surface area contributed by atoms with Crippen molar-refractivity contribution >= 4 is 32.7 Å². The monoisotopic (exact) mass is 362 g/mol. The van der Waals surface area contributed by atoms with Crippen LogP contribution in [-0.2, 0) is 20.4 Å². The van der Waals surface area contributed by atoms with Crippen LogP contribution in [0.25, 0.3) is 0 Å². The molecular formula is C12H19N4O5PS. The second kappa shape index (κ2) is 8.42. The van der Waals surface area contributed by atoms with Crippen LogP contribution in [-0.4, -0.2) is 37.7 Å². The maximum Gasteiger partial charge on any atom is 0.469 e. The van der Waals surface area contributed by atoms with Crippen molar-refractivity contribution in [3.05, 3.63) is 28.2 Å². The van der Waals surface area contributed by atoms with Crippen LogP contribution < -0.4 is 5.73 Å². The number of nitrogens with two attached hydrogens (primary N) is 1. The standard InChI is InChI=1S/C12H19N4O5PS/c1-8(11(23)3-4-21-22(18,19)20)16(7-17)6-10-5-14-9(2)15-12(10)13/h5,7,23H,3-4,6H2,1-2H3,(H2,13,14,15)(H2,18,19,20). The van der Waals surface area contributed by atoms with Crippen molar-refractivity contribution in [3.63, 3.8) is 0 Å².